The molecule has 106 valence electrons. The fourth-order valence-corrected chi connectivity index (χ4v) is 2.63. The highest BCUT2D eigenvalue weighted by Crippen LogP contribution is 2.24. The highest BCUT2D eigenvalue weighted by molar-refractivity contribution is 7.17. The molecule has 2 N–H and O–H groups in total. The van der Waals surface area contributed by atoms with E-state index >= 15 is 0 Å². The number of benzene rings is 1. The van der Waals surface area contributed by atoms with Crippen LogP contribution in [0.15, 0.2) is 35.8 Å². The number of hydrogen-bond donors (Lipinski definition) is 2. The molecule has 0 fully saturated rings. The highest BCUT2D eigenvalue weighted by Gasteiger charge is 2.12. The third-order valence-corrected chi connectivity index (χ3v) is 3.68. The fraction of sp³-hybridized carbons (Fsp3) is 0.0769. The Morgan fingerprint density at radius 2 is 2.19 bits per heavy atom. The lowest BCUT2D eigenvalue weighted by molar-refractivity contribution is -0.137. The molecule has 2 heterocycles. The molecule has 1 amide bonds. The summed E-state index contributed by atoms with van der Waals surface area (Å²) in [7, 11) is 0. The zero-order chi connectivity index (χ0) is 14.8. The summed E-state index contributed by atoms with van der Waals surface area (Å²) in [5, 5.41) is 21.6. The molecule has 0 saturated heterocycles. The molecule has 1 aromatic carbocycles. The summed E-state index contributed by atoms with van der Waals surface area (Å²) in [5.74, 6) is -1.48. The van der Waals surface area contributed by atoms with E-state index in [0.29, 0.717) is 5.69 Å². The van der Waals surface area contributed by atoms with Gasteiger partial charge >= 0.3 is 5.97 Å². The average Bonchev–Trinajstić information content (AvgIpc) is 3.06. The number of carboxylic acids is 1. The van der Waals surface area contributed by atoms with Crippen LogP contribution in [0.4, 0.5) is 5.69 Å². The van der Waals surface area contributed by atoms with Crippen molar-refractivity contribution in [2.45, 2.75) is 6.54 Å². The molecule has 3 rings (SSSR count). The van der Waals surface area contributed by atoms with Gasteiger partial charge in [0.15, 0.2) is 5.69 Å². The summed E-state index contributed by atoms with van der Waals surface area (Å²) < 4.78 is 2.24. The van der Waals surface area contributed by atoms with Crippen molar-refractivity contribution in [2.24, 2.45) is 0 Å². The minimum Gasteiger partial charge on any atom is -0.480 e. The lowest BCUT2D eigenvalue weighted by Gasteiger charge is -2.02. The molecule has 0 radical (unpaired) electrons. The van der Waals surface area contributed by atoms with E-state index in [9.17, 15) is 9.59 Å². The van der Waals surface area contributed by atoms with Gasteiger partial charge in [-0.25, -0.2) is 4.68 Å². The molecule has 0 spiro atoms. The van der Waals surface area contributed by atoms with Gasteiger partial charge in [0.2, 0.25) is 0 Å². The number of thiophene rings is 1. The Labute approximate surface area is 122 Å². The molecule has 7 nitrogen and oxygen atoms in total. The van der Waals surface area contributed by atoms with Crippen LogP contribution in [0.2, 0.25) is 0 Å². The largest absolute Gasteiger partial charge is 0.480 e. The second kappa shape index (κ2) is 5.33. The van der Waals surface area contributed by atoms with Gasteiger partial charge < -0.3 is 10.4 Å². The number of nitrogens with one attached hydrogen (secondary N) is 1. The summed E-state index contributed by atoms with van der Waals surface area (Å²) in [6.45, 7) is -0.332. The van der Waals surface area contributed by atoms with Crippen LogP contribution in [-0.2, 0) is 11.3 Å². The zero-order valence-corrected chi connectivity index (χ0v) is 11.5. The lowest BCUT2D eigenvalue weighted by atomic mass is 10.2. The molecule has 2 aromatic heterocycles. The molecule has 0 aliphatic heterocycles. The van der Waals surface area contributed by atoms with E-state index in [-0.39, 0.29) is 12.2 Å². The maximum atomic E-state index is 12.0. The number of amides is 1. The molecule has 0 aliphatic carbocycles. The first-order chi connectivity index (χ1) is 10.1. The third-order valence-electron chi connectivity index (χ3n) is 2.78. The molecular formula is C13H10N4O3S. The van der Waals surface area contributed by atoms with Gasteiger partial charge in [-0.2, -0.15) is 0 Å². The summed E-state index contributed by atoms with van der Waals surface area (Å²) in [5.41, 5.74) is 0.723. The second-order valence-electron chi connectivity index (χ2n) is 4.32. The Kier molecular flexibility index (Phi) is 3.36. The van der Waals surface area contributed by atoms with Crippen molar-refractivity contribution >= 4 is 39.0 Å². The molecule has 0 bridgehead atoms. The summed E-state index contributed by atoms with van der Waals surface area (Å²) in [6.07, 6.45) is 1.30. The van der Waals surface area contributed by atoms with Crippen LogP contribution in [0.5, 0.6) is 0 Å². The highest BCUT2D eigenvalue weighted by atomic mass is 32.1. The van der Waals surface area contributed by atoms with E-state index in [1.54, 1.807) is 17.4 Å². The Morgan fingerprint density at radius 1 is 1.33 bits per heavy atom. The Balaban J connectivity index is 1.75. The first-order valence-corrected chi connectivity index (χ1v) is 6.90. The van der Waals surface area contributed by atoms with Crippen molar-refractivity contribution < 1.29 is 14.7 Å². The number of carbonyl (C=O) groups excluding carboxylic acids is 1. The molecule has 0 unspecified atom stereocenters. The van der Waals surface area contributed by atoms with Gasteiger partial charge in [0, 0.05) is 10.4 Å². The topological polar surface area (TPSA) is 97.1 Å². The molecule has 0 saturated carbocycles. The monoisotopic (exact) mass is 302 g/mol. The number of nitrogens with zero attached hydrogens (tertiary/aromatic N) is 3. The van der Waals surface area contributed by atoms with Crippen LogP contribution in [0, 0.1) is 0 Å². The standard InChI is InChI=1S/C13H10N4O3S/c18-12(19)7-17-6-10(15-16-17)13(20)14-9-1-2-11-8(5-9)3-4-21-11/h1-6H,7H2,(H,14,20)(H,18,19). The Morgan fingerprint density at radius 3 is 3.00 bits per heavy atom. The van der Waals surface area contributed by atoms with Crippen LogP contribution < -0.4 is 5.32 Å². The zero-order valence-electron chi connectivity index (χ0n) is 10.7. The smallest absolute Gasteiger partial charge is 0.325 e. The molecule has 8 heteroatoms. The number of anilines is 1. The van der Waals surface area contributed by atoms with E-state index in [1.807, 2.05) is 23.6 Å². The van der Waals surface area contributed by atoms with Crippen molar-refractivity contribution in [2.75, 3.05) is 5.32 Å². The molecule has 21 heavy (non-hydrogen) atoms. The number of aromatic nitrogens is 3. The normalized spacial score (nSPS) is 10.7. The van der Waals surface area contributed by atoms with Crippen LogP contribution in [0.25, 0.3) is 10.1 Å². The van der Waals surface area contributed by atoms with Gasteiger partial charge in [-0.15, -0.1) is 16.4 Å². The van der Waals surface area contributed by atoms with Crippen LogP contribution >= 0.6 is 11.3 Å². The maximum absolute atomic E-state index is 12.0. The number of carboxylic acid groups (broad SMARTS) is 1. The minimum absolute atomic E-state index is 0.0710. The summed E-state index contributed by atoms with van der Waals surface area (Å²) in [6, 6.07) is 7.57. The van der Waals surface area contributed by atoms with E-state index in [4.69, 9.17) is 5.11 Å². The molecule has 0 atom stereocenters. The number of rotatable bonds is 4. The SMILES string of the molecule is O=C(O)Cn1cc(C(=O)Nc2ccc3sccc3c2)nn1. The average molecular weight is 302 g/mol. The van der Waals surface area contributed by atoms with Crippen molar-refractivity contribution in [1.82, 2.24) is 15.0 Å². The van der Waals surface area contributed by atoms with E-state index in [0.717, 1.165) is 14.8 Å². The first-order valence-electron chi connectivity index (χ1n) is 6.02. The second-order valence-corrected chi connectivity index (χ2v) is 5.27. The predicted molar refractivity (Wildman–Crippen MR) is 77.4 cm³/mol. The number of aliphatic carboxylic acids is 1. The van der Waals surface area contributed by atoms with Crippen LogP contribution in [0.1, 0.15) is 10.5 Å². The van der Waals surface area contributed by atoms with Gasteiger partial charge in [-0.3, -0.25) is 9.59 Å². The minimum atomic E-state index is -1.05. The van der Waals surface area contributed by atoms with Gasteiger partial charge in [0.1, 0.15) is 6.54 Å². The fourth-order valence-electron chi connectivity index (χ4n) is 1.86. The van der Waals surface area contributed by atoms with Crippen molar-refractivity contribution in [3.63, 3.8) is 0 Å². The van der Waals surface area contributed by atoms with Crippen molar-refractivity contribution in [3.8, 4) is 0 Å². The van der Waals surface area contributed by atoms with Gasteiger partial charge in [-0.05, 0) is 35.0 Å². The van der Waals surface area contributed by atoms with Crippen molar-refractivity contribution in [3.05, 3.63) is 41.5 Å². The van der Waals surface area contributed by atoms with E-state index in [1.165, 1.54) is 6.20 Å². The quantitative estimate of drug-likeness (QED) is 0.766. The van der Waals surface area contributed by atoms with Crippen LogP contribution in [0.3, 0.4) is 0 Å². The van der Waals surface area contributed by atoms with Crippen molar-refractivity contribution in [1.29, 1.82) is 0 Å². The van der Waals surface area contributed by atoms with E-state index < -0.39 is 11.9 Å². The van der Waals surface area contributed by atoms with E-state index in [2.05, 4.69) is 15.6 Å². The third kappa shape index (κ3) is 2.90. The number of fused-ring (bicyclic) bond motifs is 1. The summed E-state index contributed by atoms with van der Waals surface area (Å²) >= 11 is 1.63. The first kappa shape index (κ1) is 13.3. The van der Waals surface area contributed by atoms with Gasteiger partial charge in [0.05, 0.1) is 6.20 Å². The van der Waals surface area contributed by atoms with Gasteiger partial charge in [-0.1, -0.05) is 5.21 Å². The number of hydrogen-bond acceptors (Lipinski definition) is 5. The summed E-state index contributed by atoms with van der Waals surface area (Å²) in [4.78, 5) is 22.6. The molecule has 0 aliphatic rings. The Bertz CT molecular complexity index is 824. The maximum Gasteiger partial charge on any atom is 0.325 e. The Hall–Kier alpha value is -2.74. The lowest BCUT2D eigenvalue weighted by Crippen LogP contribution is -2.12. The molecular weight excluding hydrogens is 292 g/mol. The van der Waals surface area contributed by atoms with Crippen LogP contribution in [-0.4, -0.2) is 32.0 Å². The number of carbonyl (C=O) groups is 2. The predicted octanol–water partition coefficient (Wildman–Crippen LogP) is 1.83. The van der Waals surface area contributed by atoms with Gasteiger partial charge in [0.25, 0.3) is 5.91 Å². The molecule has 3 aromatic rings.